The van der Waals surface area contributed by atoms with Crippen molar-refractivity contribution in [1.29, 1.82) is 0 Å². The highest BCUT2D eigenvalue weighted by Crippen LogP contribution is 2.22. The highest BCUT2D eigenvalue weighted by atomic mass is 32.2. The van der Waals surface area contributed by atoms with E-state index in [1.54, 1.807) is 17.8 Å². The highest BCUT2D eigenvalue weighted by molar-refractivity contribution is 7.97. The number of halogens is 1. The summed E-state index contributed by atoms with van der Waals surface area (Å²) in [5.74, 6) is 0.744. The number of morpholine rings is 1. The van der Waals surface area contributed by atoms with Gasteiger partial charge in [-0.25, -0.2) is 4.39 Å². The molecule has 1 heterocycles. The lowest BCUT2D eigenvalue weighted by atomic mass is 10.2. The van der Waals surface area contributed by atoms with Crippen molar-refractivity contribution in [3.63, 3.8) is 0 Å². The van der Waals surface area contributed by atoms with Crippen molar-refractivity contribution in [2.75, 3.05) is 37.5 Å². The fraction of sp³-hybridized carbons (Fsp3) is 0.500. The lowest BCUT2D eigenvalue weighted by molar-refractivity contribution is 0.122. The Morgan fingerprint density at radius 3 is 2.75 bits per heavy atom. The molecule has 0 bridgehead atoms. The van der Waals surface area contributed by atoms with Crippen LogP contribution < -0.4 is 4.90 Å². The molecule has 1 aromatic rings. The number of ether oxygens (including phenoxy) is 1. The molecule has 0 atom stereocenters. The van der Waals surface area contributed by atoms with Gasteiger partial charge in [-0.2, -0.15) is 11.8 Å². The van der Waals surface area contributed by atoms with Crippen LogP contribution in [-0.4, -0.2) is 32.6 Å². The molecule has 0 aromatic heterocycles. The van der Waals surface area contributed by atoms with Crippen LogP contribution in [0.4, 0.5) is 10.1 Å². The largest absolute Gasteiger partial charge is 0.378 e. The fourth-order valence-electron chi connectivity index (χ4n) is 1.87. The van der Waals surface area contributed by atoms with Gasteiger partial charge in [-0.05, 0) is 24.0 Å². The number of nitrogens with zero attached hydrogens (tertiary/aromatic N) is 1. The van der Waals surface area contributed by atoms with E-state index in [1.165, 1.54) is 0 Å². The Morgan fingerprint density at radius 2 is 2.12 bits per heavy atom. The summed E-state index contributed by atoms with van der Waals surface area (Å²) in [5.41, 5.74) is 1.75. The molecular weight excluding hydrogens is 225 g/mol. The number of benzene rings is 1. The van der Waals surface area contributed by atoms with Gasteiger partial charge in [-0.3, -0.25) is 0 Å². The number of rotatable bonds is 3. The highest BCUT2D eigenvalue weighted by Gasteiger charge is 2.14. The lowest BCUT2D eigenvalue weighted by Crippen LogP contribution is -2.36. The third-order valence-electron chi connectivity index (χ3n) is 2.67. The Labute approximate surface area is 99.8 Å². The van der Waals surface area contributed by atoms with E-state index in [1.807, 2.05) is 23.3 Å². The first kappa shape index (κ1) is 11.7. The van der Waals surface area contributed by atoms with Gasteiger partial charge in [0.2, 0.25) is 0 Å². The van der Waals surface area contributed by atoms with Crippen LogP contribution in [0, 0.1) is 5.82 Å². The predicted molar refractivity (Wildman–Crippen MR) is 66.7 cm³/mol. The molecule has 0 N–H and O–H groups in total. The van der Waals surface area contributed by atoms with Crippen molar-refractivity contribution in [3.8, 4) is 0 Å². The molecule has 2 rings (SSSR count). The van der Waals surface area contributed by atoms with Crippen LogP contribution in [0.25, 0.3) is 0 Å². The molecule has 16 heavy (non-hydrogen) atoms. The lowest BCUT2D eigenvalue weighted by Gasteiger charge is -2.29. The third kappa shape index (κ3) is 2.68. The average Bonchev–Trinajstić information content (AvgIpc) is 2.31. The maximum absolute atomic E-state index is 13.9. The Bertz CT molecular complexity index is 353. The van der Waals surface area contributed by atoms with Gasteiger partial charge in [0.1, 0.15) is 5.82 Å². The number of thioether (sulfide) groups is 1. The van der Waals surface area contributed by atoms with Crippen LogP contribution in [0.3, 0.4) is 0 Å². The molecule has 1 aromatic carbocycles. The van der Waals surface area contributed by atoms with Crippen LogP contribution >= 0.6 is 11.8 Å². The van der Waals surface area contributed by atoms with E-state index in [-0.39, 0.29) is 5.82 Å². The molecule has 1 aliphatic heterocycles. The zero-order valence-electron chi connectivity index (χ0n) is 9.41. The van der Waals surface area contributed by atoms with Crippen LogP contribution in [0.2, 0.25) is 0 Å². The molecule has 4 heteroatoms. The summed E-state index contributed by atoms with van der Waals surface area (Å²) >= 11 is 1.70. The van der Waals surface area contributed by atoms with Gasteiger partial charge in [-0.15, -0.1) is 0 Å². The van der Waals surface area contributed by atoms with Crippen molar-refractivity contribution in [2.45, 2.75) is 5.75 Å². The average molecular weight is 241 g/mol. The van der Waals surface area contributed by atoms with E-state index in [0.29, 0.717) is 18.9 Å². The van der Waals surface area contributed by atoms with Gasteiger partial charge in [0.15, 0.2) is 0 Å². The smallest absolute Gasteiger partial charge is 0.146 e. The van der Waals surface area contributed by atoms with Crippen molar-refractivity contribution in [2.24, 2.45) is 0 Å². The van der Waals surface area contributed by atoms with Gasteiger partial charge in [0.05, 0.1) is 18.9 Å². The molecule has 0 radical (unpaired) electrons. The molecule has 0 amide bonds. The van der Waals surface area contributed by atoms with Gasteiger partial charge < -0.3 is 9.64 Å². The molecule has 1 saturated heterocycles. The second kappa shape index (κ2) is 5.55. The van der Waals surface area contributed by atoms with E-state index in [2.05, 4.69) is 0 Å². The standard InChI is InChI=1S/C12H16FNOS/c1-16-9-10-2-3-12(11(13)8-10)14-4-6-15-7-5-14/h2-3,8H,4-7,9H2,1H3. The van der Waals surface area contributed by atoms with Crippen LogP contribution in [0.1, 0.15) is 5.56 Å². The van der Waals surface area contributed by atoms with Crippen molar-refractivity contribution < 1.29 is 9.13 Å². The molecule has 0 spiro atoms. The molecule has 0 aliphatic carbocycles. The quantitative estimate of drug-likeness (QED) is 0.807. The third-order valence-corrected chi connectivity index (χ3v) is 3.30. The van der Waals surface area contributed by atoms with Gasteiger partial charge >= 0.3 is 0 Å². The monoisotopic (exact) mass is 241 g/mol. The molecule has 1 fully saturated rings. The van der Waals surface area contributed by atoms with Crippen LogP contribution in [-0.2, 0) is 10.5 Å². The summed E-state index contributed by atoms with van der Waals surface area (Å²) in [6.07, 6.45) is 2.02. The molecule has 0 unspecified atom stereocenters. The number of anilines is 1. The van der Waals surface area contributed by atoms with Crippen molar-refractivity contribution in [3.05, 3.63) is 29.6 Å². The first-order valence-electron chi connectivity index (χ1n) is 5.41. The Balaban J connectivity index is 2.14. The predicted octanol–water partition coefficient (Wildman–Crippen LogP) is 2.53. The molecule has 2 nitrogen and oxygen atoms in total. The second-order valence-electron chi connectivity index (χ2n) is 3.82. The van der Waals surface area contributed by atoms with Crippen molar-refractivity contribution >= 4 is 17.4 Å². The topological polar surface area (TPSA) is 12.5 Å². The summed E-state index contributed by atoms with van der Waals surface area (Å²) in [7, 11) is 0. The summed E-state index contributed by atoms with van der Waals surface area (Å²) < 4.78 is 19.1. The minimum absolute atomic E-state index is 0.117. The molecule has 88 valence electrons. The van der Waals surface area contributed by atoms with E-state index >= 15 is 0 Å². The minimum atomic E-state index is -0.117. The van der Waals surface area contributed by atoms with E-state index in [0.717, 1.165) is 24.4 Å². The zero-order chi connectivity index (χ0) is 11.4. The SMILES string of the molecule is CSCc1ccc(N2CCOCC2)c(F)c1. The first-order valence-corrected chi connectivity index (χ1v) is 6.80. The maximum Gasteiger partial charge on any atom is 0.146 e. The summed E-state index contributed by atoms with van der Waals surface area (Å²) in [6.45, 7) is 2.93. The van der Waals surface area contributed by atoms with Gasteiger partial charge in [0, 0.05) is 18.8 Å². The van der Waals surface area contributed by atoms with Crippen LogP contribution in [0.5, 0.6) is 0 Å². The summed E-state index contributed by atoms with van der Waals surface area (Å²) in [6, 6.07) is 5.53. The molecule has 1 aliphatic rings. The summed E-state index contributed by atoms with van der Waals surface area (Å²) in [4.78, 5) is 2.04. The normalized spacial score (nSPS) is 16.5. The fourth-order valence-corrected chi connectivity index (χ4v) is 2.38. The Morgan fingerprint density at radius 1 is 1.38 bits per heavy atom. The summed E-state index contributed by atoms with van der Waals surface area (Å²) in [5, 5.41) is 0. The zero-order valence-corrected chi connectivity index (χ0v) is 10.2. The van der Waals surface area contributed by atoms with Gasteiger partial charge in [0.25, 0.3) is 0 Å². The first-order chi connectivity index (χ1) is 7.81. The minimum Gasteiger partial charge on any atom is -0.378 e. The Hall–Kier alpha value is -0.740. The Kier molecular flexibility index (Phi) is 4.07. The van der Waals surface area contributed by atoms with Crippen LogP contribution in [0.15, 0.2) is 18.2 Å². The molecule has 0 saturated carbocycles. The van der Waals surface area contributed by atoms with Crippen molar-refractivity contribution in [1.82, 2.24) is 0 Å². The van der Waals surface area contributed by atoms with E-state index < -0.39 is 0 Å². The van der Waals surface area contributed by atoms with Gasteiger partial charge in [-0.1, -0.05) is 6.07 Å². The maximum atomic E-state index is 13.9. The second-order valence-corrected chi connectivity index (χ2v) is 4.68. The number of hydrogen-bond acceptors (Lipinski definition) is 3. The van der Waals surface area contributed by atoms with E-state index in [4.69, 9.17) is 4.74 Å². The molecular formula is C12H16FNOS. The number of hydrogen-bond donors (Lipinski definition) is 0. The van der Waals surface area contributed by atoms with E-state index in [9.17, 15) is 4.39 Å².